The lowest BCUT2D eigenvalue weighted by molar-refractivity contribution is -0.138. The number of hydrogen-bond donors (Lipinski definition) is 1. The lowest BCUT2D eigenvalue weighted by atomic mass is 9.89. The molecular formula is C24H25F6N3O2. The van der Waals surface area contributed by atoms with Crippen molar-refractivity contribution in [2.45, 2.75) is 64.8 Å². The molecule has 2 aromatic heterocycles. The number of carbonyl (C=O) groups excluding carboxylic acids is 1. The number of benzene rings is 1. The fourth-order valence-electron chi connectivity index (χ4n) is 3.73. The van der Waals surface area contributed by atoms with Gasteiger partial charge < -0.3 is 10.5 Å². The molecule has 3 aromatic rings. The summed E-state index contributed by atoms with van der Waals surface area (Å²) in [6.45, 7) is 4.13. The number of alkyl halides is 3. The van der Waals surface area contributed by atoms with E-state index in [0.29, 0.717) is 22.8 Å². The van der Waals surface area contributed by atoms with E-state index < -0.39 is 47.8 Å². The third-order valence-corrected chi connectivity index (χ3v) is 5.71. The van der Waals surface area contributed by atoms with E-state index in [2.05, 4.69) is 5.10 Å². The number of aryl methyl sites for hydroxylation is 2. The van der Waals surface area contributed by atoms with E-state index in [1.54, 1.807) is 19.9 Å². The number of halogens is 6. The number of nitrogens with two attached hydrogens (primary N) is 1. The van der Waals surface area contributed by atoms with Gasteiger partial charge in [0.2, 0.25) is 5.88 Å². The summed E-state index contributed by atoms with van der Waals surface area (Å²) >= 11 is 0. The van der Waals surface area contributed by atoms with Crippen LogP contribution in [0.15, 0.2) is 24.3 Å². The van der Waals surface area contributed by atoms with Gasteiger partial charge in [-0.3, -0.25) is 4.79 Å². The number of ketones is 1. The Hall–Kier alpha value is -3.08. The van der Waals surface area contributed by atoms with Gasteiger partial charge in [0.25, 0.3) is 0 Å². The molecule has 0 amide bonds. The van der Waals surface area contributed by atoms with Crippen molar-refractivity contribution in [2.24, 2.45) is 5.73 Å². The number of Topliss-reactive ketones (excluding diaryl/α,β-unsaturated/α-hetero) is 1. The van der Waals surface area contributed by atoms with Gasteiger partial charge in [-0.1, -0.05) is 0 Å². The Morgan fingerprint density at radius 2 is 1.71 bits per heavy atom. The zero-order valence-corrected chi connectivity index (χ0v) is 19.4. The monoisotopic (exact) mass is 501 g/mol. The average Bonchev–Trinajstić information content (AvgIpc) is 3.08. The second-order valence-corrected chi connectivity index (χ2v) is 8.93. The van der Waals surface area contributed by atoms with Crippen LogP contribution in [0, 0.1) is 31.3 Å². The first-order chi connectivity index (χ1) is 16.2. The Morgan fingerprint density at radius 1 is 1.06 bits per heavy atom. The molecule has 0 radical (unpaired) electrons. The molecule has 0 saturated carbocycles. The molecule has 35 heavy (non-hydrogen) atoms. The van der Waals surface area contributed by atoms with Gasteiger partial charge >= 0.3 is 6.18 Å². The number of aromatic nitrogens is 2. The van der Waals surface area contributed by atoms with Crippen molar-refractivity contribution < 1.29 is 35.9 Å². The molecule has 0 aliphatic heterocycles. The van der Waals surface area contributed by atoms with E-state index in [4.69, 9.17) is 10.5 Å². The Kier molecular flexibility index (Phi) is 7.49. The van der Waals surface area contributed by atoms with Crippen molar-refractivity contribution in [1.82, 2.24) is 9.61 Å². The molecule has 190 valence electrons. The van der Waals surface area contributed by atoms with Crippen LogP contribution in [0.25, 0.3) is 5.52 Å². The number of hydrogen-bond acceptors (Lipinski definition) is 4. The zero-order chi connectivity index (χ0) is 26.1. The third kappa shape index (κ3) is 6.33. The standard InChI is InChI=1S/C24H25F6N3O2/c1-13-10-18-21(19(34)6-7-23(3,31)8-9-24(28,29)30)14(2)32-33(18)20(11-13)35-12-15-16(25)4-5-17(26)22(15)27/h4-5,10-11H,6-9,12,31H2,1-3H3. The molecule has 1 unspecified atom stereocenters. The van der Waals surface area contributed by atoms with Crippen molar-refractivity contribution in [1.29, 1.82) is 0 Å². The Morgan fingerprint density at radius 3 is 2.37 bits per heavy atom. The first kappa shape index (κ1) is 26.5. The number of nitrogens with zero attached hydrogens (tertiary/aromatic N) is 2. The fourth-order valence-corrected chi connectivity index (χ4v) is 3.73. The summed E-state index contributed by atoms with van der Waals surface area (Å²) in [4.78, 5) is 13.0. The normalized spacial score (nSPS) is 13.8. The number of rotatable bonds is 9. The molecular weight excluding hydrogens is 476 g/mol. The van der Waals surface area contributed by atoms with Crippen LogP contribution in [-0.2, 0) is 6.61 Å². The summed E-state index contributed by atoms with van der Waals surface area (Å²) < 4.78 is 85.9. The van der Waals surface area contributed by atoms with Gasteiger partial charge in [-0.2, -0.15) is 18.3 Å². The van der Waals surface area contributed by atoms with E-state index >= 15 is 0 Å². The molecule has 1 atom stereocenters. The van der Waals surface area contributed by atoms with Crippen LogP contribution in [0.1, 0.15) is 59.8 Å². The fraction of sp³-hybridized carbons (Fsp3) is 0.417. The summed E-state index contributed by atoms with van der Waals surface area (Å²) in [6.07, 6.45) is -5.77. The molecule has 0 aliphatic carbocycles. The summed E-state index contributed by atoms with van der Waals surface area (Å²) in [5.41, 5.74) is 5.77. The largest absolute Gasteiger partial charge is 0.473 e. The van der Waals surface area contributed by atoms with Gasteiger partial charge in [-0.25, -0.2) is 17.7 Å². The van der Waals surface area contributed by atoms with Crippen molar-refractivity contribution in [3.8, 4) is 5.88 Å². The van der Waals surface area contributed by atoms with Crippen LogP contribution in [0.2, 0.25) is 0 Å². The highest BCUT2D eigenvalue weighted by atomic mass is 19.4. The lowest BCUT2D eigenvalue weighted by Gasteiger charge is -2.24. The van der Waals surface area contributed by atoms with E-state index in [1.165, 1.54) is 17.5 Å². The zero-order valence-electron chi connectivity index (χ0n) is 19.4. The predicted octanol–water partition coefficient (Wildman–Crippen LogP) is 5.97. The lowest BCUT2D eigenvalue weighted by Crippen LogP contribution is -2.37. The number of carbonyl (C=O) groups is 1. The quantitative estimate of drug-likeness (QED) is 0.223. The molecule has 5 nitrogen and oxygen atoms in total. The summed E-state index contributed by atoms with van der Waals surface area (Å²) in [5.74, 6) is -3.85. The molecule has 2 heterocycles. The molecule has 1 aromatic carbocycles. The van der Waals surface area contributed by atoms with E-state index in [1.807, 2.05) is 0 Å². The van der Waals surface area contributed by atoms with E-state index in [0.717, 1.165) is 6.07 Å². The second-order valence-electron chi connectivity index (χ2n) is 8.93. The Labute approximate surface area is 197 Å². The first-order valence-electron chi connectivity index (χ1n) is 10.8. The van der Waals surface area contributed by atoms with Gasteiger partial charge in [0.05, 0.1) is 22.3 Å². The molecule has 0 bridgehead atoms. The van der Waals surface area contributed by atoms with Gasteiger partial charge in [0.15, 0.2) is 17.4 Å². The first-order valence-corrected chi connectivity index (χ1v) is 10.8. The smallest absolute Gasteiger partial charge is 0.389 e. The summed E-state index contributed by atoms with van der Waals surface area (Å²) in [6, 6.07) is 4.66. The van der Waals surface area contributed by atoms with Crippen molar-refractivity contribution in [3.05, 3.63) is 64.1 Å². The average molecular weight is 501 g/mol. The molecule has 2 N–H and O–H groups in total. The minimum atomic E-state index is -4.34. The maximum atomic E-state index is 14.0. The summed E-state index contributed by atoms with van der Waals surface area (Å²) in [5, 5.41) is 4.29. The third-order valence-electron chi connectivity index (χ3n) is 5.71. The van der Waals surface area contributed by atoms with Crippen molar-refractivity contribution in [3.63, 3.8) is 0 Å². The molecule has 0 spiro atoms. The SMILES string of the molecule is Cc1cc(OCc2c(F)ccc(F)c2F)n2nc(C)c(C(=O)CCC(C)(N)CCC(F)(F)F)c2c1. The minimum absolute atomic E-state index is 0.0337. The molecule has 0 saturated heterocycles. The predicted molar refractivity (Wildman–Crippen MR) is 117 cm³/mol. The number of ether oxygens (including phenoxy) is 1. The van der Waals surface area contributed by atoms with Gasteiger partial charge in [0.1, 0.15) is 12.4 Å². The molecule has 0 fully saturated rings. The summed E-state index contributed by atoms with van der Waals surface area (Å²) in [7, 11) is 0. The maximum Gasteiger partial charge on any atom is 0.389 e. The van der Waals surface area contributed by atoms with E-state index in [9.17, 15) is 31.1 Å². The maximum absolute atomic E-state index is 14.0. The van der Waals surface area contributed by atoms with Crippen LogP contribution >= 0.6 is 0 Å². The topological polar surface area (TPSA) is 69.6 Å². The highest BCUT2D eigenvalue weighted by Gasteiger charge is 2.32. The Balaban J connectivity index is 1.84. The van der Waals surface area contributed by atoms with Gasteiger partial charge in [0, 0.05) is 24.4 Å². The van der Waals surface area contributed by atoms with Gasteiger partial charge in [-0.05, 0) is 57.4 Å². The van der Waals surface area contributed by atoms with Crippen molar-refractivity contribution in [2.75, 3.05) is 0 Å². The van der Waals surface area contributed by atoms with Crippen LogP contribution in [0.4, 0.5) is 26.3 Å². The van der Waals surface area contributed by atoms with Crippen LogP contribution in [0.5, 0.6) is 5.88 Å². The van der Waals surface area contributed by atoms with Crippen LogP contribution < -0.4 is 10.5 Å². The molecule has 11 heteroatoms. The highest BCUT2D eigenvalue weighted by Crippen LogP contribution is 2.29. The van der Waals surface area contributed by atoms with E-state index in [-0.39, 0.29) is 36.5 Å². The molecule has 3 rings (SSSR count). The van der Waals surface area contributed by atoms with Gasteiger partial charge in [-0.15, -0.1) is 0 Å². The van der Waals surface area contributed by atoms with Crippen molar-refractivity contribution >= 4 is 11.3 Å². The number of pyridine rings is 1. The molecule has 0 aliphatic rings. The van der Waals surface area contributed by atoms with Crippen LogP contribution in [-0.4, -0.2) is 27.1 Å². The number of fused-ring (bicyclic) bond motifs is 1. The second kappa shape index (κ2) is 9.88. The minimum Gasteiger partial charge on any atom is -0.473 e. The Bertz CT molecular complexity index is 1250. The van der Waals surface area contributed by atoms with Crippen LogP contribution in [0.3, 0.4) is 0 Å². The highest BCUT2D eigenvalue weighted by molar-refractivity contribution is 6.03.